The molecule has 1 aliphatic heterocycles. The molecule has 1 atom stereocenters. The first kappa shape index (κ1) is 17.6. The minimum absolute atomic E-state index is 0.0586. The van der Waals surface area contributed by atoms with Crippen LogP contribution in [0.5, 0.6) is 0 Å². The van der Waals surface area contributed by atoms with Gasteiger partial charge in [0.1, 0.15) is 5.25 Å². The minimum atomic E-state index is -0.469. The number of amidine groups is 1. The van der Waals surface area contributed by atoms with Crippen molar-refractivity contribution in [3.63, 3.8) is 0 Å². The second-order valence-electron chi connectivity index (χ2n) is 5.82. The maximum Gasteiger partial charge on any atom is 0.240 e. The molecule has 0 spiro atoms. The predicted octanol–water partition coefficient (Wildman–Crippen LogP) is 3.85. The smallest absolute Gasteiger partial charge is 0.240 e. The van der Waals surface area contributed by atoms with Crippen molar-refractivity contribution in [1.29, 1.82) is 0 Å². The number of rotatable bonds is 4. The van der Waals surface area contributed by atoms with Gasteiger partial charge in [-0.1, -0.05) is 53.9 Å². The number of thioether (sulfide) groups is 1. The molecule has 5 nitrogen and oxygen atoms in total. The second-order valence-corrected chi connectivity index (χ2v) is 7.80. The van der Waals surface area contributed by atoms with Gasteiger partial charge in [-0.15, -0.1) is 0 Å². The Labute approximate surface area is 154 Å². The summed E-state index contributed by atoms with van der Waals surface area (Å²) in [5, 5.41) is 6.29. The van der Waals surface area contributed by atoms with Crippen molar-refractivity contribution in [3.8, 4) is 0 Å². The Morgan fingerprint density at radius 1 is 1.33 bits per heavy atom. The predicted molar refractivity (Wildman–Crippen MR) is 98.9 cm³/mol. The van der Waals surface area contributed by atoms with Crippen LogP contribution < -0.4 is 10.6 Å². The third-order valence-corrected chi connectivity index (χ3v) is 5.91. The number of hydrogen-bond donors (Lipinski definition) is 2. The van der Waals surface area contributed by atoms with Crippen molar-refractivity contribution in [2.75, 3.05) is 5.32 Å². The molecule has 0 unspecified atom stereocenters. The molecular formula is C16H17Cl2N3O2S. The molecule has 1 saturated carbocycles. The molecule has 2 N–H and O–H groups in total. The van der Waals surface area contributed by atoms with Gasteiger partial charge in [0, 0.05) is 6.42 Å². The summed E-state index contributed by atoms with van der Waals surface area (Å²) in [5.74, 6) is -0.460. The van der Waals surface area contributed by atoms with Gasteiger partial charge >= 0.3 is 0 Å². The molecule has 0 bridgehead atoms. The number of nitrogens with one attached hydrogen (secondary N) is 2. The van der Waals surface area contributed by atoms with Gasteiger partial charge < -0.3 is 10.6 Å². The van der Waals surface area contributed by atoms with Crippen LogP contribution in [-0.2, 0) is 9.59 Å². The van der Waals surface area contributed by atoms with Crippen LogP contribution in [0.25, 0.3) is 0 Å². The Balaban J connectivity index is 1.58. The summed E-state index contributed by atoms with van der Waals surface area (Å²) < 4.78 is 0. The summed E-state index contributed by atoms with van der Waals surface area (Å²) in [6.45, 7) is 0. The summed E-state index contributed by atoms with van der Waals surface area (Å²) in [5.41, 5.74) is 0.442. The quantitative estimate of drug-likeness (QED) is 0.826. The summed E-state index contributed by atoms with van der Waals surface area (Å²) in [4.78, 5) is 28.8. The zero-order valence-corrected chi connectivity index (χ0v) is 15.2. The highest BCUT2D eigenvalue weighted by Gasteiger charge is 2.33. The van der Waals surface area contributed by atoms with E-state index in [9.17, 15) is 9.59 Å². The number of carbonyl (C=O) groups excluding carboxylic acids is 2. The van der Waals surface area contributed by atoms with Gasteiger partial charge in [-0.25, -0.2) is 0 Å². The molecule has 1 aromatic rings. The van der Waals surface area contributed by atoms with Crippen molar-refractivity contribution >= 4 is 57.6 Å². The van der Waals surface area contributed by atoms with Crippen molar-refractivity contribution in [2.45, 2.75) is 43.4 Å². The lowest BCUT2D eigenvalue weighted by Gasteiger charge is -2.09. The van der Waals surface area contributed by atoms with E-state index in [4.69, 9.17) is 23.2 Å². The standard InChI is InChI=1S/C16H17Cl2N3O2S/c17-10-6-3-7-11(14(10)18)20-13(22)8-12-15(23)21-16(24-12)19-9-4-1-2-5-9/h3,6-7,9,12H,1-2,4-5,8H2,(H,20,22)(H,19,21,23)/t12-/m1/s1. The van der Waals surface area contributed by atoms with E-state index in [1.807, 2.05) is 0 Å². The van der Waals surface area contributed by atoms with Crippen molar-refractivity contribution in [3.05, 3.63) is 28.2 Å². The van der Waals surface area contributed by atoms with Crippen molar-refractivity contribution < 1.29 is 9.59 Å². The molecular weight excluding hydrogens is 369 g/mol. The van der Waals surface area contributed by atoms with E-state index in [1.54, 1.807) is 18.2 Å². The van der Waals surface area contributed by atoms with Gasteiger partial charge in [0.15, 0.2) is 5.17 Å². The average molecular weight is 386 g/mol. The zero-order valence-electron chi connectivity index (χ0n) is 12.9. The van der Waals surface area contributed by atoms with Crippen molar-refractivity contribution in [1.82, 2.24) is 5.32 Å². The van der Waals surface area contributed by atoms with Gasteiger partial charge in [-0.3, -0.25) is 14.6 Å². The number of anilines is 1. The molecule has 0 aromatic heterocycles. The molecule has 3 rings (SSSR count). The van der Waals surface area contributed by atoms with Gasteiger partial charge in [-0.05, 0) is 25.0 Å². The van der Waals surface area contributed by atoms with Gasteiger partial charge in [0.25, 0.3) is 0 Å². The SMILES string of the molecule is O=C(C[C@H]1SC(=NC2CCCC2)NC1=O)Nc1cccc(Cl)c1Cl. The highest BCUT2D eigenvalue weighted by molar-refractivity contribution is 8.15. The van der Waals surface area contributed by atoms with Crippen LogP contribution in [0.3, 0.4) is 0 Å². The Hall–Kier alpha value is -1.24. The van der Waals surface area contributed by atoms with Gasteiger partial charge in [0.2, 0.25) is 11.8 Å². The van der Waals surface area contributed by atoms with Crippen LogP contribution in [0.2, 0.25) is 10.0 Å². The molecule has 1 aromatic carbocycles. The van der Waals surface area contributed by atoms with E-state index in [1.165, 1.54) is 24.6 Å². The van der Waals surface area contributed by atoms with Crippen LogP contribution in [-0.4, -0.2) is 28.3 Å². The summed E-state index contributed by atoms with van der Waals surface area (Å²) in [6.07, 6.45) is 4.57. The van der Waals surface area contributed by atoms with Crippen molar-refractivity contribution in [2.24, 2.45) is 4.99 Å². The van der Waals surface area contributed by atoms with Crippen LogP contribution >= 0.6 is 35.0 Å². The van der Waals surface area contributed by atoms with Crippen LogP contribution in [0.4, 0.5) is 5.69 Å². The minimum Gasteiger partial charge on any atom is -0.325 e. The number of amides is 2. The molecule has 128 valence electrons. The molecule has 24 heavy (non-hydrogen) atoms. The van der Waals surface area contributed by atoms with Crippen LogP contribution in [0.15, 0.2) is 23.2 Å². The Kier molecular flexibility index (Phi) is 5.69. The summed E-state index contributed by atoms with van der Waals surface area (Å²) in [7, 11) is 0. The average Bonchev–Trinajstić information content (AvgIpc) is 3.15. The Bertz CT molecular complexity index is 690. The normalized spacial score (nSPS) is 22.8. The van der Waals surface area contributed by atoms with E-state index >= 15 is 0 Å². The molecule has 2 fully saturated rings. The van der Waals surface area contributed by atoms with E-state index in [2.05, 4.69) is 15.6 Å². The first-order chi connectivity index (χ1) is 11.5. The molecule has 1 aliphatic carbocycles. The third kappa shape index (κ3) is 4.23. The molecule has 2 aliphatic rings. The number of halogens is 2. The molecule has 2 amide bonds. The number of carbonyl (C=O) groups is 2. The number of nitrogens with zero attached hydrogens (tertiary/aromatic N) is 1. The Morgan fingerprint density at radius 3 is 2.83 bits per heavy atom. The molecule has 1 heterocycles. The zero-order chi connectivity index (χ0) is 17.1. The Morgan fingerprint density at radius 2 is 2.08 bits per heavy atom. The van der Waals surface area contributed by atoms with E-state index < -0.39 is 5.25 Å². The summed E-state index contributed by atoms with van der Waals surface area (Å²) in [6, 6.07) is 5.31. The first-order valence-corrected chi connectivity index (χ1v) is 9.45. The lowest BCUT2D eigenvalue weighted by Crippen LogP contribution is -2.28. The maximum atomic E-state index is 12.2. The largest absolute Gasteiger partial charge is 0.325 e. The fourth-order valence-electron chi connectivity index (χ4n) is 2.77. The number of benzene rings is 1. The number of aliphatic imine (C=N–C) groups is 1. The fourth-order valence-corrected chi connectivity index (χ4v) is 4.16. The molecule has 1 saturated heterocycles. The van der Waals surface area contributed by atoms with Gasteiger partial charge in [0.05, 0.1) is 21.8 Å². The highest BCUT2D eigenvalue weighted by Crippen LogP contribution is 2.31. The fraction of sp³-hybridized carbons (Fsp3) is 0.438. The molecule has 8 heteroatoms. The van der Waals surface area contributed by atoms with E-state index in [-0.39, 0.29) is 18.2 Å². The third-order valence-electron chi connectivity index (χ3n) is 4.00. The topological polar surface area (TPSA) is 70.6 Å². The van der Waals surface area contributed by atoms with E-state index in [0.29, 0.717) is 26.9 Å². The first-order valence-electron chi connectivity index (χ1n) is 7.82. The van der Waals surface area contributed by atoms with E-state index in [0.717, 1.165) is 12.8 Å². The highest BCUT2D eigenvalue weighted by atomic mass is 35.5. The monoisotopic (exact) mass is 385 g/mol. The van der Waals surface area contributed by atoms with Crippen LogP contribution in [0, 0.1) is 0 Å². The van der Waals surface area contributed by atoms with Gasteiger partial charge in [-0.2, -0.15) is 0 Å². The summed E-state index contributed by atoms with van der Waals surface area (Å²) >= 11 is 13.3. The number of hydrogen-bond acceptors (Lipinski definition) is 4. The lowest BCUT2D eigenvalue weighted by molar-refractivity contribution is -0.122. The molecule has 0 radical (unpaired) electrons. The maximum absolute atomic E-state index is 12.2. The second kappa shape index (κ2) is 7.76. The van der Waals surface area contributed by atoms with Crippen LogP contribution in [0.1, 0.15) is 32.1 Å². The lowest BCUT2D eigenvalue weighted by atomic mass is 10.2.